The first-order valence-corrected chi connectivity index (χ1v) is 6.21. The number of benzene rings is 1. The fraction of sp³-hybridized carbons (Fsp3) is 0.308. The standard InChI is InChI=1S/C13H11F6N3/c1-2-20-8-3-5-9(6-4-8)22-11(13(17,18)19)7-10(21-22)12(14,15)16/h3-7,20H,2H2,1H3. The SMILES string of the molecule is CCNc1ccc(-n2nc(C(F)(F)F)cc2C(F)(F)F)cc1. The van der Waals surface area contributed by atoms with E-state index in [9.17, 15) is 26.3 Å². The summed E-state index contributed by atoms with van der Waals surface area (Å²) in [6, 6.07) is 5.46. The van der Waals surface area contributed by atoms with Crippen molar-refractivity contribution in [1.29, 1.82) is 0 Å². The number of anilines is 1. The molecule has 1 N–H and O–H groups in total. The van der Waals surface area contributed by atoms with E-state index in [1.807, 2.05) is 6.92 Å². The summed E-state index contributed by atoms with van der Waals surface area (Å²) < 4.78 is 76.7. The molecule has 22 heavy (non-hydrogen) atoms. The van der Waals surface area contributed by atoms with E-state index < -0.39 is 23.7 Å². The van der Waals surface area contributed by atoms with Gasteiger partial charge < -0.3 is 5.32 Å². The zero-order valence-corrected chi connectivity index (χ0v) is 11.3. The monoisotopic (exact) mass is 323 g/mol. The second-order valence-corrected chi connectivity index (χ2v) is 4.40. The van der Waals surface area contributed by atoms with Gasteiger partial charge in [-0.2, -0.15) is 31.4 Å². The van der Waals surface area contributed by atoms with Gasteiger partial charge in [-0.1, -0.05) is 0 Å². The van der Waals surface area contributed by atoms with E-state index in [1.165, 1.54) is 24.3 Å². The van der Waals surface area contributed by atoms with E-state index in [0.717, 1.165) is 0 Å². The largest absolute Gasteiger partial charge is 0.435 e. The summed E-state index contributed by atoms with van der Waals surface area (Å²) in [6.45, 7) is 2.44. The van der Waals surface area contributed by atoms with Crippen molar-refractivity contribution >= 4 is 5.69 Å². The Hall–Kier alpha value is -2.19. The zero-order chi connectivity index (χ0) is 16.5. The Bertz CT molecular complexity index is 639. The third-order valence-electron chi connectivity index (χ3n) is 2.78. The molecule has 3 nitrogen and oxygen atoms in total. The van der Waals surface area contributed by atoms with E-state index >= 15 is 0 Å². The van der Waals surface area contributed by atoms with Crippen molar-refractivity contribution in [3.05, 3.63) is 41.7 Å². The molecule has 0 radical (unpaired) electrons. The van der Waals surface area contributed by atoms with Gasteiger partial charge in [0, 0.05) is 18.3 Å². The molecular weight excluding hydrogens is 312 g/mol. The number of nitrogens with one attached hydrogen (secondary N) is 1. The normalized spacial score (nSPS) is 12.5. The summed E-state index contributed by atoms with van der Waals surface area (Å²) >= 11 is 0. The average molecular weight is 323 g/mol. The molecule has 2 rings (SSSR count). The van der Waals surface area contributed by atoms with E-state index in [1.54, 1.807) is 0 Å². The number of aromatic nitrogens is 2. The van der Waals surface area contributed by atoms with Crippen LogP contribution in [-0.4, -0.2) is 16.3 Å². The lowest BCUT2D eigenvalue weighted by atomic mass is 10.2. The second kappa shape index (κ2) is 5.54. The molecule has 0 saturated heterocycles. The van der Waals surface area contributed by atoms with Gasteiger partial charge in [0.1, 0.15) is 5.69 Å². The van der Waals surface area contributed by atoms with Gasteiger partial charge in [0.25, 0.3) is 0 Å². The molecule has 9 heteroatoms. The highest BCUT2D eigenvalue weighted by molar-refractivity contribution is 5.49. The minimum atomic E-state index is -4.95. The highest BCUT2D eigenvalue weighted by Crippen LogP contribution is 2.36. The van der Waals surface area contributed by atoms with Gasteiger partial charge >= 0.3 is 12.4 Å². The Morgan fingerprint density at radius 1 is 1.00 bits per heavy atom. The highest BCUT2D eigenvalue weighted by atomic mass is 19.4. The van der Waals surface area contributed by atoms with Gasteiger partial charge in [0.2, 0.25) is 0 Å². The Morgan fingerprint density at radius 3 is 2.05 bits per heavy atom. The first-order valence-electron chi connectivity index (χ1n) is 6.21. The minimum Gasteiger partial charge on any atom is -0.385 e. The first kappa shape index (κ1) is 16.2. The number of nitrogens with zero attached hydrogens (tertiary/aromatic N) is 2. The Balaban J connectivity index is 2.51. The number of halogens is 6. The molecule has 0 fully saturated rings. The summed E-state index contributed by atoms with van der Waals surface area (Å²) in [5, 5.41) is 5.97. The van der Waals surface area contributed by atoms with Crippen molar-refractivity contribution in [1.82, 2.24) is 9.78 Å². The highest BCUT2D eigenvalue weighted by Gasteiger charge is 2.42. The lowest BCUT2D eigenvalue weighted by Gasteiger charge is -2.11. The van der Waals surface area contributed by atoms with E-state index in [-0.39, 0.29) is 16.4 Å². The lowest BCUT2D eigenvalue weighted by molar-refractivity contribution is -0.143. The van der Waals surface area contributed by atoms with Crippen LogP contribution in [0.2, 0.25) is 0 Å². The molecule has 120 valence electrons. The van der Waals surface area contributed by atoms with Gasteiger partial charge in [0.15, 0.2) is 5.69 Å². The molecule has 1 aromatic carbocycles. The zero-order valence-electron chi connectivity index (χ0n) is 11.3. The molecule has 0 atom stereocenters. The molecule has 0 unspecified atom stereocenters. The number of hydrogen-bond acceptors (Lipinski definition) is 2. The molecule has 0 amide bonds. The molecule has 1 heterocycles. The van der Waals surface area contributed by atoms with Crippen LogP contribution in [0.5, 0.6) is 0 Å². The van der Waals surface area contributed by atoms with Gasteiger partial charge in [-0.3, -0.25) is 0 Å². The summed E-state index contributed by atoms with van der Waals surface area (Å²) in [5.41, 5.74) is -2.53. The van der Waals surface area contributed by atoms with Crippen molar-refractivity contribution < 1.29 is 26.3 Å². The van der Waals surface area contributed by atoms with Crippen LogP contribution in [0.15, 0.2) is 30.3 Å². The fourth-order valence-electron chi connectivity index (χ4n) is 1.84. The van der Waals surface area contributed by atoms with Crippen LogP contribution < -0.4 is 5.32 Å². The molecule has 0 spiro atoms. The number of rotatable bonds is 3. The average Bonchev–Trinajstić information content (AvgIpc) is 2.85. The van der Waals surface area contributed by atoms with Gasteiger partial charge in [-0.05, 0) is 31.2 Å². The van der Waals surface area contributed by atoms with Crippen molar-refractivity contribution in [3.8, 4) is 5.69 Å². The quantitative estimate of drug-likeness (QED) is 0.852. The van der Waals surface area contributed by atoms with Crippen LogP contribution in [0.25, 0.3) is 5.69 Å². The summed E-state index contributed by atoms with van der Waals surface area (Å²) in [7, 11) is 0. The molecule has 2 aromatic rings. The van der Waals surface area contributed by atoms with Crippen LogP contribution in [0, 0.1) is 0 Å². The van der Waals surface area contributed by atoms with Crippen LogP contribution in [0.4, 0.5) is 32.0 Å². The molecule has 0 aliphatic heterocycles. The maximum atomic E-state index is 12.9. The van der Waals surface area contributed by atoms with Crippen LogP contribution in [0.1, 0.15) is 18.3 Å². The molecule has 0 saturated carbocycles. The van der Waals surface area contributed by atoms with Crippen LogP contribution in [0.3, 0.4) is 0 Å². The third-order valence-corrected chi connectivity index (χ3v) is 2.78. The van der Waals surface area contributed by atoms with Crippen molar-refractivity contribution in [3.63, 3.8) is 0 Å². The van der Waals surface area contributed by atoms with Crippen LogP contribution >= 0.6 is 0 Å². The van der Waals surface area contributed by atoms with Gasteiger partial charge in [-0.15, -0.1) is 0 Å². The molecule has 0 aliphatic carbocycles. The van der Waals surface area contributed by atoms with Crippen molar-refractivity contribution in [2.45, 2.75) is 19.3 Å². The Labute approximate surface area is 121 Å². The van der Waals surface area contributed by atoms with E-state index in [0.29, 0.717) is 12.2 Å². The number of hydrogen-bond donors (Lipinski definition) is 1. The van der Waals surface area contributed by atoms with Crippen LogP contribution in [-0.2, 0) is 12.4 Å². The fourth-order valence-corrected chi connectivity index (χ4v) is 1.84. The van der Waals surface area contributed by atoms with Gasteiger partial charge in [0.05, 0.1) is 5.69 Å². The van der Waals surface area contributed by atoms with E-state index in [2.05, 4.69) is 10.4 Å². The van der Waals surface area contributed by atoms with Crippen molar-refractivity contribution in [2.75, 3.05) is 11.9 Å². The summed E-state index contributed by atoms with van der Waals surface area (Å²) in [6.07, 6.45) is -9.90. The summed E-state index contributed by atoms with van der Waals surface area (Å²) in [5.74, 6) is 0. The Morgan fingerprint density at radius 2 is 1.59 bits per heavy atom. The third kappa shape index (κ3) is 3.34. The minimum absolute atomic E-state index is 0.00178. The molecule has 0 bridgehead atoms. The van der Waals surface area contributed by atoms with E-state index in [4.69, 9.17) is 0 Å². The lowest BCUT2D eigenvalue weighted by Crippen LogP contribution is -2.13. The maximum absolute atomic E-state index is 12.9. The maximum Gasteiger partial charge on any atom is 0.435 e. The predicted molar refractivity (Wildman–Crippen MR) is 67.7 cm³/mol. The summed E-state index contributed by atoms with van der Waals surface area (Å²) in [4.78, 5) is 0. The molecular formula is C13H11F6N3. The topological polar surface area (TPSA) is 29.9 Å². The first-order chi connectivity index (χ1) is 10.1. The smallest absolute Gasteiger partial charge is 0.385 e. The Kier molecular flexibility index (Phi) is 4.08. The number of alkyl halides is 6. The second-order valence-electron chi connectivity index (χ2n) is 4.40. The molecule has 1 aromatic heterocycles. The van der Waals surface area contributed by atoms with Crippen molar-refractivity contribution in [2.24, 2.45) is 0 Å². The van der Waals surface area contributed by atoms with Gasteiger partial charge in [-0.25, -0.2) is 4.68 Å². The molecule has 0 aliphatic rings. The predicted octanol–water partition coefficient (Wildman–Crippen LogP) is 4.34.